The summed E-state index contributed by atoms with van der Waals surface area (Å²) in [6.45, 7) is -0.360. The largest absolute Gasteiger partial charge is 0.439 e. The van der Waals surface area contributed by atoms with Crippen LogP contribution in [0.5, 0.6) is 11.6 Å². The number of hydrogen-bond donors (Lipinski definition) is 1. The molecule has 3 aromatic rings. The first-order valence-electron chi connectivity index (χ1n) is 7.54. The lowest BCUT2D eigenvalue weighted by atomic mass is 10.2. The second-order valence-electron chi connectivity index (χ2n) is 5.33. The van der Waals surface area contributed by atoms with E-state index in [-0.39, 0.29) is 18.0 Å². The first kappa shape index (κ1) is 18.0. The molecule has 0 atom stereocenters. The summed E-state index contributed by atoms with van der Waals surface area (Å²) >= 11 is 1.20. The topological polar surface area (TPSA) is 56.2 Å². The quantitative estimate of drug-likeness (QED) is 0.720. The van der Waals surface area contributed by atoms with Crippen molar-refractivity contribution >= 4 is 17.2 Å². The molecule has 1 amide bonds. The molecule has 0 aliphatic heterocycles. The van der Waals surface area contributed by atoms with Crippen molar-refractivity contribution in [2.24, 2.45) is 7.05 Å². The Labute approximate surface area is 151 Å². The summed E-state index contributed by atoms with van der Waals surface area (Å²) in [4.78, 5) is 12.5. The molecule has 0 saturated heterocycles. The molecular formula is C17H14F3N3O2S. The van der Waals surface area contributed by atoms with Crippen molar-refractivity contribution in [2.45, 2.75) is 12.7 Å². The van der Waals surface area contributed by atoms with Crippen LogP contribution in [-0.2, 0) is 19.8 Å². The summed E-state index contributed by atoms with van der Waals surface area (Å²) in [5, 5.41) is 7.74. The Morgan fingerprint density at radius 2 is 1.96 bits per heavy atom. The standard InChI is InChI=1S/C17H14F3N3O2S/c1-23-16(25-11-6-3-2-4-7-11)12(14(22-23)17(18,19)20)10-21-15(24)13-8-5-9-26-13/h2-9H,10H2,1H3,(H,21,24). The maximum Gasteiger partial charge on any atom is 0.435 e. The van der Waals surface area contributed by atoms with Crippen LogP contribution in [0.3, 0.4) is 0 Å². The van der Waals surface area contributed by atoms with Gasteiger partial charge in [0.1, 0.15) is 5.75 Å². The second-order valence-corrected chi connectivity index (χ2v) is 6.28. The van der Waals surface area contributed by atoms with Crippen LogP contribution in [0, 0.1) is 0 Å². The van der Waals surface area contributed by atoms with Crippen LogP contribution >= 0.6 is 11.3 Å². The van der Waals surface area contributed by atoms with Gasteiger partial charge in [0.25, 0.3) is 5.91 Å². The minimum absolute atomic E-state index is 0.0741. The van der Waals surface area contributed by atoms with Gasteiger partial charge in [0.05, 0.1) is 17.0 Å². The van der Waals surface area contributed by atoms with Gasteiger partial charge < -0.3 is 10.1 Å². The van der Waals surface area contributed by atoms with Gasteiger partial charge in [-0.1, -0.05) is 24.3 Å². The van der Waals surface area contributed by atoms with E-state index in [9.17, 15) is 18.0 Å². The fraction of sp³-hybridized carbons (Fsp3) is 0.176. The van der Waals surface area contributed by atoms with Crippen LogP contribution in [-0.4, -0.2) is 15.7 Å². The van der Waals surface area contributed by atoms with Crippen LogP contribution in [0.1, 0.15) is 20.9 Å². The first-order valence-corrected chi connectivity index (χ1v) is 8.42. The molecule has 0 unspecified atom stereocenters. The summed E-state index contributed by atoms with van der Waals surface area (Å²) in [6, 6.07) is 11.7. The van der Waals surface area contributed by atoms with E-state index in [1.165, 1.54) is 18.4 Å². The number of carbonyl (C=O) groups is 1. The molecule has 0 radical (unpaired) electrons. The van der Waals surface area contributed by atoms with E-state index >= 15 is 0 Å². The van der Waals surface area contributed by atoms with Crippen molar-refractivity contribution in [3.63, 3.8) is 0 Å². The number of hydrogen-bond acceptors (Lipinski definition) is 4. The SMILES string of the molecule is Cn1nc(C(F)(F)F)c(CNC(=O)c2cccs2)c1Oc1ccccc1. The maximum absolute atomic E-state index is 13.3. The predicted molar refractivity (Wildman–Crippen MR) is 90.2 cm³/mol. The zero-order chi connectivity index (χ0) is 18.7. The van der Waals surface area contributed by atoms with E-state index in [4.69, 9.17) is 4.74 Å². The molecule has 0 aliphatic rings. The Kier molecular flexibility index (Phi) is 4.99. The van der Waals surface area contributed by atoms with E-state index in [0.717, 1.165) is 4.68 Å². The Bertz CT molecular complexity index is 890. The molecule has 2 aromatic heterocycles. The molecule has 5 nitrogen and oxygen atoms in total. The Balaban J connectivity index is 1.91. The van der Waals surface area contributed by atoms with Crippen molar-refractivity contribution in [1.29, 1.82) is 0 Å². The number of rotatable bonds is 5. The molecule has 0 fully saturated rings. The van der Waals surface area contributed by atoms with E-state index in [1.807, 2.05) is 0 Å². The minimum Gasteiger partial charge on any atom is -0.439 e. The number of ether oxygens (including phenoxy) is 1. The van der Waals surface area contributed by atoms with Crippen molar-refractivity contribution < 1.29 is 22.7 Å². The van der Waals surface area contributed by atoms with Gasteiger partial charge in [-0.05, 0) is 23.6 Å². The number of amides is 1. The van der Waals surface area contributed by atoms with Crippen LogP contribution < -0.4 is 10.1 Å². The number of aromatic nitrogens is 2. The van der Waals surface area contributed by atoms with Gasteiger partial charge in [-0.25, -0.2) is 4.68 Å². The second kappa shape index (κ2) is 7.20. The highest BCUT2D eigenvalue weighted by molar-refractivity contribution is 7.12. The van der Waals surface area contributed by atoms with Gasteiger partial charge in [0.15, 0.2) is 5.69 Å². The molecule has 1 aromatic carbocycles. The van der Waals surface area contributed by atoms with E-state index < -0.39 is 17.8 Å². The number of carbonyl (C=O) groups excluding carboxylic acids is 1. The van der Waals surface area contributed by atoms with Gasteiger partial charge in [-0.2, -0.15) is 18.3 Å². The smallest absolute Gasteiger partial charge is 0.435 e. The zero-order valence-corrected chi connectivity index (χ0v) is 14.4. The lowest BCUT2D eigenvalue weighted by Gasteiger charge is -2.11. The van der Waals surface area contributed by atoms with Crippen LogP contribution in [0.4, 0.5) is 13.2 Å². The van der Waals surface area contributed by atoms with Gasteiger partial charge in [-0.3, -0.25) is 4.79 Å². The van der Waals surface area contributed by atoms with Gasteiger partial charge in [-0.15, -0.1) is 11.3 Å². The number of halogens is 3. The molecule has 9 heteroatoms. The number of alkyl halides is 3. The van der Waals surface area contributed by atoms with E-state index in [2.05, 4.69) is 10.4 Å². The average molecular weight is 381 g/mol. The molecular weight excluding hydrogens is 367 g/mol. The van der Waals surface area contributed by atoms with Crippen molar-refractivity contribution in [3.05, 3.63) is 64.0 Å². The third-order valence-electron chi connectivity index (χ3n) is 3.48. The monoisotopic (exact) mass is 381 g/mol. The highest BCUT2D eigenvalue weighted by atomic mass is 32.1. The van der Waals surface area contributed by atoms with E-state index in [0.29, 0.717) is 10.6 Å². The Hall–Kier alpha value is -2.81. The molecule has 0 saturated carbocycles. The van der Waals surface area contributed by atoms with Gasteiger partial charge in [0, 0.05) is 7.05 Å². The molecule has 1 N–H and O–H groups in total. The molecule has 0 aliphatic carbocycles. The third kappa shape index (κ3) is 3.88. The van der Waals surface area contributed by atoms with Crippen LogP contribution in [0.15, 0.2) is 47.8 Å². The summed E-state index contributed by atoms with van der Waals surface area (Å²) in [5.41, 5.74) is -1.31. The number of aryl methyl sites for hydroxylation is 1. The zero-order valence-electron chi connectivity index (χ0n) is 13.6. The number of nitrogens with zero attached hydrogens (tertiary/aromatic N) is 2. The summed E-state index contributed by atoms with van der Waals surface area (Å²) < 4.78 is 46.6. The third-order valence-corrected chi connectivity index (χ3v) is 4.35. The lowest BCUT2D eigenvalue weighted by molar-refractivity contribution is -0.142. The summed E-state index contributed by atoms with van der Waals surface area (Å²) in [6.07, 6.45) is -4.67. The Morgan fingerprint density at radius 1 is 1.23 bits per heavy atom. The molecule has 26 heavy (non-hydrogen) atoms. The van der Waals surface area contributed by atoms with Gasteiger partial charge >= 0.3 is 6.18 Å². The summed E-state index contributed by atoms with van der Waals surface area (Å²) in [5.74, 6) is -0.160. The fourth-order valence-corrected chi connectivity index (χ4v) is 2.97. The number of thiophene rings is 1. The molecule has 0 bridgehead atoms. The molecule has 136 valence electrons. The number of benzene rings is 1. The lowest BCUT2D eigenvalue weighted by Crippen LogP contribution is -2.23. The normalized spacial score (nSPS) is 11.4. The Morgan fingerprint density at radius 3 is 2.58 bits per heavy atom. The van der Waals surface area contributed by atoms with Crippen molar-refractivity contribution in [1.82, 2.24) is 15.1 Å². The first-order chi connectivity index (χ1) is 12.4. The maximum atomic E-state index is 13.3. The fourth-order valence-electron chi connectivity index (χ4n) is 2.33. The summed E-state index contributed by atoms with van der Waals surface area (Å²) in [7, 11) is 1.36. The van der Waals surface area contributed by atoms with Crippen molar-refractivity contribution in [2.75, 3.05) is 0 Å². The molecule has 2 heterocycles. The predicted octanol–water partition coefficient (Wildman–Crippen LogP) is 4.22. The van der Waals surface area contributed by atoms with Crippen molar-refractivity contribution in [3.8, 4) is 11.6 Å². The minimum atomic E-state index is -4.67. The molecule has 3 rings (SSSR count). The van der Waals surface area contributed by atoms with Gasteiger partial charge in [0.2, 0.25) is 5.88 Å². The number of para-hydroxylation sites is 1. The number of nitrogens with one attached hydrogen (secondary N) is 1. The highest BCUT2D eigenvalue weighted by Gasteiger charge is 2.39. The van der Waals surface area contributed by atoms with E-state index in [1.54, 1.807) is 47.8 Å². The average Bonchev–Trinajstić information content (AvgIpc) is 3.23. The molecule has 0 spiro atoms. The van der Waals surface area contributed by atoms with Crippen LogP contribution in [0.2, 0.25) is 0 Å². The van der Waals surface area contributed by atoms with Crippen LogP contribution in [0.25, 0.3) is 0 Å². The highest BCUT2D eigenvalue weighted by Crippen LogP contribution is 2.37.